The lowest BCUT2D eigenvalue weighted by molar-refractivity contribution is 0.102. The molecule has 0 aliphatic rings. The Bertz CT molecular complexity index is 638. The van der Waals surface area contributed by atoms with Crippen LogP contribution in [0.2, 0.25) is 0 Å². The summed E-state index contributed by atoms with van der Waals surface area (Å²) in [5.74, 6) is -0.109. The van der Waals surface area contributed by atoms with Crippen molar-refractivity contribution >= 4 is 39.9 Å². The van der Waals surface area contributed by atoms with Crippen LogP contribution in [0.4, 0.5) is 11.4 Å². The van der Waals surface area contributed by atoms with Crippen LogP contribution in [0.5, 0.6) is 0 Å². The Balaban J connectivity index is 2.31. The second-order valence-corrected chi connectivity index (χ2v) is 5.54. The summed E-state index contributed by atoms with van der Waals surface area (Å²) in [6.45, 7) is 3.93. The molecule has 0 aliphatic carbocycles. The van der Waals surface area contributed by atoms with Gasteiger partial charge in [0.2, 0.25) is 0 Å². The van der Waals surface area contributed by atoms with Gasteiger partial charge in [-0.2, -0.15) is 0 Å². The van der Waals surface area contributed by atoms with Crippen molar-refractivity contribution in [1.29, 1.82) is 0 Å². The number of aryl methyl sites for hydroxylation is 2. The Morgan fingerprint density at radius 1 is 1.16 bits per heavy atom. The standard InChI is InChI=1S/C15H15IN2O/c1-9-6-7-11(17)8-13(9)18-15(19)12-5-3-4-10(2)14(12)16/h3-8H,17H2,1-2H3,(H,18,19). The summed E-state index contributed by atoms with van der Waals surface area (Å²) in [5, 5.41) is 2.91. The molecule has 0 spiro atoms. The molecular formula is C15H15IN2O. The molecule has 98 valence electrons. The molecule has 2 aromatic carbocycles. The summed E-state index contributed by atoms with van der Waals surface area (Å²) in [6, 6.07) is 11.2. The molecule has 4 heteroatoms. The highest BCUT2D eigenvalue weighted by molar-refractivity contribution is 14.1. The number of hydrogen-bond acceptors (Lipinski definition) is 2. The van der Waals surface area contributed by atoms with E-state index in [1.165, 1.54) is 0 Å². The van der Waals surface area contributed by atoms with Gasteiger partial charge in [-0.05, 0) is 65.8 Å². The minimum absolute atomic E-state index is 0.109. The first kappa shape index (κ1) is 13.9. The van der Waals surface area contributed by atoms with E-state index in [-0.39, 0.29) is 5.91 Å². The molecule has 0 fully saturated rings. The number of carbonyl (C=O) groups excluding carboxylic acids is 1. The topological polar surface area (TPSA) is 55.1 Å². The molecule has 0 heterocycles. The maximum atomic E-state index is 12.3. The highest BCUT2D eigenvalue weighted by atomic mass is 127. The van der Waals surface area contributed by atoms with Crippen LogP contribution in [0.15, 0.2) is 36.4 Å². The van der Waals surface area contributed by atoms with Crippen LogP contribution in [0.3, 0.4) is 0 Å². The molecule has 0 saturated carbocycles. The SMILES string of the molecule is Cc1ccc(N)cc1NC(=O)c1cccc(C)c1I. The normalized spacial score (nSPS) is 10.3. The summed E-state index contributed by atoms with van der Waals surface area (Å²) >= 11 is 2.19. The van der Waals surface area contributed by atoms with E-state index in [0.29, 0.717) is 11.3 Å². The van der Waals surface area contributed by atoms with E-state index in [4.69, 9.17) is 5.73 Å². The minimum Gasteiger partial charge on any atom is -0.399 e. The zero-order valence-electron chi connectivity index (χ0n) is 10.8. The van der Waals surface area contributed by atoms with Gasteiger partial charge in [-0.15, -0.1) is 0 Å². The fraction of sp³-hybridized carbons (Fsp3) is 0.133. The summed E-state index contributed by atoms with van der Waals surface area (Å²) in [5.41, 5.74) is 9.90. The zero-order valence-corrected chi connectivity index (χ0v) is 13.0. The van der Waals surface area contributed by atoms with Gasteiger partial charge in [0.15, 0.2) is 0 Å². The first-order valence-electron chi connectivity index (χ1n) is 5.91. The average molecular weight is 366 g/mol. The maximum Gasteiger partial charge on any atom is 0.256 e. The predicted octanol–water partition coefficient (Wildman–Crippen LogP) is 3.74. The van der Waals surface area contributed by atoms with Crippen molar-refractivity contribution in [2.75, 3.05) is 11.1 Å². The van der Waals surface area contributed by atoms with Gasteiger partial charge in [-0.3, -0.25) is 4.79 Å². The highest BCUT2D eigenvalue weighted by Crippen LogP contribution is 2.21. The lowest BCUT2D eigenvalue weighted by atomic mass is 10.1. The van der Waals surface area contributed by atoms with Crippen LogP contribution < -0.4 is 11.1 Å². The lowest BCUT2D eigenvalue weighted by Gasteiger charge is -2.11. The van der Waals surface area contributed by atoms with Crippen molar-refractivity contribution in [2.45, 2.75) is 13.8 Å². The molecule has 0 aromatic heterocycles. The van der Waals surface area contributed by atoms with Crippen molar-refractivity contribution in [3.8, 4) is 0 Å². The first-order chi connectivity index (χ1) is 8.99. The summed E-state index contributed by atoms with van der Waals surface area (Å²) in [7, 11) is 0. The van der Waals surface area contributed by atoms with Gasteiger partial charge >= 0.3 is 0 Å². The Labute approximate surface area is 126 Å². The average Bonchev–Trinajstić information content (AvgIpc) is 2.37. The highest BCUT2D eigenvalue weighted by Gasteiger charge is 2.12. The van der Waals surface area contributed by atoms with E-state index >= 15 is 0 Å². The summed E-state index contributed by atoms with van der Waals surface area (Å²) in [6.07, 6.45) is 0. The van der Waals surface area contributed by atoms with E-state index < -0.39 is 0 Å². The van der Waals surface area contributed by atoms with Crippen LogP contribution in [0, 0.1) is 17.4 Å². The Morgan fingerprint density at radius 2 is 1.89 bits per heavy atom. The van der Waals surface area contributed by atoms with Gasteiger partial charge in [0.05, 0.1) is 5.56 Å². The van der Waals surface area contributed by atoms with Gasteiger partial charge in [-0.1, -0.05) is 18.2 Å². The molecule has 0 bridgehead atoms. The maximum absolute atomic E-state index is 12.3. The number of amides is 1. The molecular weight excluding hydrogens is 351 g/mol. The second-order valence-electron chi connectivity index (χ2n) is 4.46. The third-order valence-electron chi connectivity index (χ3n) is 2.95. The molecule has 0 unspecified atom stereocenters. The van der Waals surface area contributed by atoms with Crippen molar-refractivity contribution in [1.82, 2.24) is 0 Å². The molecule has 0 saturated heterocycles. The third kappa shape index (κ3) is 3.07. The predicted molar refractivity (Wildman–Crippen MR) is 87.4 cm³/mol. The van der Waals surface area contributed by atoms with Crippen LogP contribution in [-0.4, -0.2) is 5.91 Å². The number of nitrogen functional groups attached to an aromatic ring is 1. The summed E-state index contributed by atoms with van der Waals surface area (Å²) in [4.78, 5) is 12.3. The number of nitrogens with one attached hydrogen (secondary N) is 1. The zero-order chi connectivity index (χ0) is 14.0. The first-order valence-corrected chi connectivity index (χ1v) is 6.99. The number of rotatable bonds is 2. The molecule has 19 heavy (non-hydrogen) atoms. The molecule has 1 amide bonds. The van der Waals surface area contributed by atoms with Crippen LogP contribution >= 0.6 is 22.6 Å². The Morgan fingerprint density at radius 3 is 2.63 bits per heavy atom. The van der Waals surface area contributed by atoms with Gasteiger partial charge in [0.25, 0.3) is 5.91 Å². The Kier molecular flexibility index (Phi) is 4.09. The van der Waals surface area contributed by atoms with Crippen molar-refractivity contribution in [3.05, 3.63) is 56.7 Å². The van der Waals surface area contributed by atoms with Crippen molar-refractivity contribution < 1.29 is 4.79 Å². The van der Waals surface area contributed by atoms with Gasteiger partial charge in [0.1, 0.15) is 0 Å². The molecule has 0 atom stereocenters. The van der Waals surface area contributed by atoms with Crippen LogP contribution in [0.25, 0.3) is 0 Å². The molecule has 0 radical (unpaired) electrons. The van der Waals surface area contributed by atoms with E-state index in [2.05, 4.69) is 27.9 Å². The molecule has 3 N–H and O–H groups in total. The molecule has 2 aromatic rings. The second kappa shape index (κ2) is 5.61. The van der Waals surface area contributed by atoms with Gasteiger partial charge in [0, 0.05) is 14.9 Å². The van der Waals surface area contributed by atoms with Crippen LogP contribution in [-0.2, 0) is 0 Å². The number of hydrogen-bond donors (Lipinski definition) is 2. The Hall–Kier alpha value is -1.56. The number of benzene rings is 2. The molecule has 3 nitrogen and oxygen atoms in total. The third-order valence-corrected chi connectivity index (χ3v) is 4.38. The van der Waals surface area contributed by atoms with Gasteiger partial charge in [-0.25, -0.2) is 0 Å². The van der Waals surface area contributed by atoms with Crippen molar-refractivity contribution in [2.24, 2.45) is 0 Å². The van der Waals surface area contributed by atoms with Crippen molar-refractivity contribution in [3.63, 3.8) is 0 Å². The van der Waals surface area contributed by atoms with E-state index in [1.54, 1.807) is 6.07 Å². The lowest BCUT2D eigenvalue weighted by Crippen LogP contribution is -2.14. The fourth-order valence-corrected chi connectivity index (χ4v) is 2.39. The number of anilines is 2. The number of halogens is 1. The molecule has 2 rings (SSSR count). The number of carbonyl (C=O) groups is 1. The van der Waals surface area contributed by atoms with E-state index in [9.17, 15) is 4.79 Å². The van der Waals surface area contributed by atoms with Gasteiger partial charge < -0.3 is 11.1 Å². The van der Waals surface area contributed by atoms with E-state index in [0.717, 1.165) is 20.4 Å². The van der Waals surface area contributed by atoms with E-state index in [1.807, 2.05) is 44.2 Å². The fourth-order valence-electron chi connectivity index (χ4n) is 1.79. The van der Waals surface area contributed by atoms with Crippen LogP contribution in [0.1, 0.15) is 21.5 Å². The largest absolute Gasteiger partial charge is 0.399 e. The smallest absolute Gasteiger partial charge is 0.256 e. The molecule has 0 aliphatic heterocycles. The quantitative estimate of drug-likeness (QED) is 0.629. The minimum atomic E-state index is -0.109. The number of nitrogens with two attached hydrogens (primary N) is 1. The summed E-state index contributed by atoms with van der Waals surface area (Å²) < 4.78 is 0.971. The monoisotopic (exact) mass is 366 g/mol.